The lowest BCUT2D eigenvalue weighted by atomic mass is 9.85. The van der Waals surface area contributed by atoms with Crippen molar-refractivity contribution in [3.05, 3.63) is 29.8 Å². The van der Waals surface area contributed by atoms with Crippen LogP contribution in [0.1, 0.15) is 38.5 Å². The first-order valence-corrected chi connectivity index (χ1v) is 9.90. The minimum absolute atomic E-state index is 0.133. The van der Waals surface area contributed by atoms with E-state index in [1.54, 1.807) is 0 Å². The highest BCUT2D eigenvalue weighted by atomic mass is 79.9. The van der Waals surface area contributed by atoms with Crippen LogP contribution in [0.3, 0.4) is 0 Å². The van der Waals surface area contributed by atoms with Crippen LogP contribution in [0.5, 0.6) is 0 Å². The lowest BCUT2D eigenvalue weighted by molar-refractivity contribution is 0.327. The zero-order chi connectivity index (χ0) is 15.5. The average Bonchev–Trinajstić information content (AvgIpc) is 2.67. The Hall–Kier alpha value is -0.490. The normalized spacial score (nSPS) is 19.2. The predicted molar refractivity (Wildman–Crippen MR) is 82.3 cm³/mol. The summed E-state index contributed by atoms with van der Waals surface area (Å²) in [6.45, 7) is 0. The summed E-state index contributed by atoms with van der Waals surface area (Å²) in [4.78, 5) is -0.521. The highest BCUT2D eigenvalue weighted by Gasteiger charge is 2.36. The quantitative estimate of drug-likeness (QED) is 0.570. The molecule has 1 fully saturated rings. The third-order valence-corrected chi connectivity index (χ3v) is 7.34. The summed E-state index contributed by atoms with van der Waals surface area (Å²) in [5.74, 6) is -1.75. The zero-order valence-electron chi connectivity index (χ0n) is 11.7. The van der Waals surface area contributed by atoms with Gasteiger partial charge >= 0.3 is 0 Å². The van der Waals surface area contributed by atoms with Crippen molar-refractivity contribution in [2.75, 3.05) is 11.1 Å². The summed E-state index contributed by atoms with van der Waals surface area (Å²) in [5, 5.41) is 0.566. The molecule has 1 aromatic carbocycles. The fourth-order valence-corrected chi connectivity index (χ4v) is 6.02. The number of rotatable bonds is 4. The standard InChI is InChI=1S/C15H19BrF2O2S/c16-10-15(7-3-1-2-4-8-15)11-21(19,20)14-9-12(17)5-6-13(14)18/h5-6,9H,1-4,7-8,10-11H2. The van der Waals surface area contributed by atoms with Crippen molar-refractivity contribution in [3.8, 4) is 0 Å². The van der Waals surface area contributed by atoms with Gasteiger partial charge in [0.2, 0.25) is 0 Å². The third-order valence-electron chi connectivity index (χ3n) is 4.17. The van der Waals surface area contributed by atoms with Crippen molar-refractivity contribution in [2.24, 2.45) is 5.41 Å². The second kappa shape index (κ2) is 6.73. The molecule has 0 N–H and O–H groups in total. The minimum Gasteiger partial charge on any atom is -0.224 e. The van der Waals surface area contributed by atoms with Crippen LogP contribution in [-0.2, 0) is 9.84 Å². The maximum absolute atomic E-state index is 13.8. The van der Waals surface area contributed by atoms with E-state index in [1.165, 1.54) is 0 Å². The number of sulfone groups is 1. The van der Waals surface area contributed by atoms with Crippen LogP contribution in [0.15, 0.2) is 23.1 Å². The summed E-state index contributed by atoms with van der Waals surface area (Å²) in [6.07, 6.45) is 5.76. The van der Waals surface area contributed by atoms with Gasteiger partial charge in [0.25, 0.3) is 0 Å². The molecule has 1 aliphatic rings. The van der Waals surface area contributed by atoms with Gasteiger partial charge in [0.15, 0.2) is 9.84 Å². The van der Waals surface area contributed by atoms with Crippen molar-refractivity contribution in [2.45, 2.75) is 43.4 Å². The van der Waals surface area contributed by atoms with Crippen molar-refractivity contribution >= 4 is 25.8 Å². The van der Waals surface area contributed by atoms with Gasteiger partial charge in [0.1, 0.15) is 16.5 Å². The summed E-state index contributed by atoms with van der Waals surface area (Å²) < 4.78 is 52.1. The summed E-state index contributed by atoms with van der Waals surface area (Å²) in [6, 6.07) is 2.58. The summed E-state index contributed by atoms with van der Waals surface area (Å²) in [7, 11) is -3.84. The third kappa shape index (κ3) is 4.03. The Morgan fingerprint density at radius 2 is 1.71 bits per heavy atom. The zero-order valence-corrected chi connectivity index (χ0v) is 14.2. The van der Waals surface area contributed by atoms with Crippen molar-refractivity contribution in [3.63, 3.8) is 0 Å². The molecule has 0 heterocycles. The lowest BCUT2D eigenvalue weighted by Crippen LogP contribution is -2.32. The van der Waals surface area contributed by atoms with E-state index < -0.39 is 26.4 Å². The topological polar surface area (TPSA) is 34.1 Å². The molecule has 0 radical (unpaired) electrons. The van der Waals surface area contributed by atoms with E-state index in [9.17, 15) is 17.2 Å². The Kier molecular flexibility index (Phi) is 5.41. The number of hydrogen-bond donors (Lipinski definition) is 0. The molecule has 0 aromatic heterocycles. The maximum Gasteiger partial charge on any atom is 0.181 e. The van der Waals surface area contributed by atoms with Crippen LogP contribution in [0.4, 0.5) is 8.78 Å². The molecule has 21 heavy (non-hydrogen) atoms. The molecule has 2 rings (SSSR count). The molecule has 6 heteroatoms. The van der Waals surface area contributed by atoms with Gasteiger partial charge in [-0.2, -0.15) is 0 Å². The van der Waals surface area contributed by atoms with Crippen molar-refractivity contribution in [1.82, 2.24) is 0 Å². The number of halogens is 3. The van der Waals surface area contributed by atoms with E-state index >= 15 is 0 Å². The molecule has 0 bridgehead atoms. The first-order chi connectivity index (χ1) is 9.88. The smallest absolute Gasteiger partial charge is 0.181 e. The molecule has 0 spiro atoms. The molecule has 2 nitrogen and oxygen atoms in total. The first kappa shape index (κ1) is 16.9. The number of hydrogen-bond acceptors (Lipinski definition) is 2. The van der Waals surface area contributed by atoms with Crippen LogP contribution < -0.4 is 0 Å². The molecule has 0 aliphatic heterocycles. The van der Waals surface area contributed by atoms with Gasteiger partial charge in [-0.1, -0.05) is 41.6 Å². The van der Waals surface area contributed by atoms with Gasteiger partial charge in [0.05, 0.1) is 5.75 Å². The monoisotopic (exact) mass is 380 g/mol. The fraction of sp³-hybridized carbons (Fsp3) is 0.600. The van der Waals surface area contributed by atoms with E-state index in [4.69, 9.17) is 0 Å². The number of alkyl halides is 1. The van der Waals surface area contributed by atoms with Crippen LogP contribution in [0.2, 0.25) is 0 Å². The lowest BCUT2D eigenvalue weighted by Gasteiger charge is -2.30. The Morgan fingerprint density at radius 3 is 2.29 bits per heavy atom. The van der Waals surface area contributed by atoms with Crippen molar-refractivity contribution < 1.29 is 17.2 Å². The minimum atomic E-state index is -3.84. The van der Waals surface area contributed by atoms with E-state index in [-0.39, 0.29) is 11.2 Å². The van der Waals surface area contributed by atoms with Crippen molar-refractivity contribution in [1.29, 1.82) is 0 Å². The molecule has 1 aromatic rings. The second-order valence-corrected chi connectivity index (χ2v) is 8.40. The van der Waals surface area contributed by atoms with Crippen LogP contribution in [0.25, 0.3) is 0 Å². The fourth-order valence-electron chi connectivity index (χ4n) is 2.99. The molecular weight excluding hydrogens is 362 g/mol. The first-order valence-electron chi connectivity index (χ1n) is 7.12. The molecule has 0 saturated heterocycles. The van der Waals surface area contributed by atoms with E-state index in [1.807, 2.05) is 0 Å². The molecule has 0 unspecified atom stereocenters. The molecular formula is C15H19BrF2O2S. The van der Waals surface area contributed by atoms with Crippen LogP contribution in [-0.4, -0.2) is 19.5 Å². The Bertz CT molecular complexity index is 594. The Morgan fingerprint density at radius 1 is 1.10 bits per heavy atom. The Balaban J connectivity index is 2.32. The molecule has 1 saturated carbocycles. The summed E-state index contributed by atoms with van der Waals surface area (Å²) in [5.41, 5.74) is -0.381. The molecule has 118 valence electrons. The largest absolute Gasteiger partial charge is 0.224 e. The maximum atomic E-state index is 13.8. The number of benzene rings is 1. The van der Waals surface area contributed by atoms with Gasteiger partial charge in [0, 0.05) is 5.33 Å². The average molecular weight is 381 g/mol. The predicted octanol–water partition coefficient (Wildman–Crippen LogP) is 4.47. The summed E-state index contributed by atoms with van der Waals surface area (Å²) >= 11 is 3.43. The molecule has 1 aliphatic carbocycles. The second-order valence-electron chi connectivity index (χ2n) is 5.88. The van der Waals surface area contributed by atoms with Crippen LogP contribution >= 0.6 is 15.9 Å². The van der Waals surface area contributed by atoms with Gasteiger partial charge < -0.3 is 0 Å². The molecule has 0 amide bonds. The highest BCUT2D eigenvalue weighted by Crippen LogP contribution is 2.39. The van der Waals surface area contributed by atoms with Gasteiger partial charge in [-0.05, 0) is 36.5 Å². The van der Waals surface area contributed by atoms with Gasteiger partial charge in [-0.25, -0.2) is 17.2 Å². The Labute approximate surface area is 133 Å². The van der Waals surface area contributed by atoms with E-state index in [0.29, 0.717) is 5.33 Å². The van der Waals surface area contributed by atoms with Crippen LogP contribution in [0, 0.1) is 17.0 Å². The SMILES string of the molecule is O=S(=O)(CC1(CBr)CCCCCC1)c1cc(F)ccc1F. The van der Waals surface area contributed by atoms with Gasteiger partial charge in [-0.15, -0.1) is 0 Å². The highest BCUT2D eigenvalue weighted by molar-refractivity contribution is 9.09. The van der Waals surface area contributed by atoms with E-state index in [2.05, 4.69) is 15.9 Å². The molecule has 0 atom stereocenters. The van der Waals surface area contributed by atoms with Gasteiger partial charge in [-0.3, -0.25) is 0 Å². The van der Waals surface area contributed by atoms with E-state index in [0.717, 1.165) is 56.7 Å².